The second-order valence-electron chi connectivity index (χ2n) is 12.7. The van der Waals surface area contributed by atoms with Crippen molar-refractivity contribution in [3.05, 3.63) is 47.0 Å². The van der Waals surface area contributed by atoms with Crippen molar-refractivity contribution in [2.75, 3.05) is 18.0 Å². The molecule has 41 heavy (non-hydrogen) atoms. The van der Waals surface area contributed by atoms with Gasteiger partial charge in [0, 0.05) is 67.8 Å². The van der Waals surface area contributed by atoms with Gasteiger partial charge < -0.3 is 19.5 Å². The molecule has 10 heteroatoms. The number of aliphatic hydroxyl groups excluding tert-OH is 1. The first-order valence-corrected chi connectivity index (χ1v) is 15.0. The summed E-state index contributed by atoms with van der Waals surface area (Å²) in [4.78, 5) is 20.8. The zero-order valence-electron chi connectivity index (χ0n) is 23.8. The van der Waals surface area contributed by atoms with Gasteiger partial charge in [0.05, 0.1) is 30.7 Å². The lowest BCUT2D eigenvalue weighted by atomic mass is 9.59. The number of anilines is 2. The summed E-state index contributed by atoms with van der Waals surface area (Å²) in [6, 6.07) is 3.81. The molecule has 2 aromatic heterocycles. The van der Waals surface area contributed by atoms with Crippen LogP contribution in [0, 0.1) is 5.41 Å². The summed E-state index contributed by atoms with van der Waals surface area (Å²) in [6.45, 7) is 3.44. The number of hydrogen-bond donors (Lipinski definition) is 1. The molecule has 1 spiro atoms. The molecule has 2 aliphatic heterocycles. The summed E-state index contributed by atoms with van der Waals surface area (Å²) >= 11 is 0. The average molecular weight is 565 g/mol. The minimum atomic E-state index is -2.64. The van der Waals surface area contributed by atoms with Crippen LogP contribution in [-0.2, 0) is 31.2 Å². The summed E-state index contributed by atoms with van der Waals surface area (Å²) in [6.07, 6.45) is 9.11. The number of aromatic nitrogens is 4. The van der Waals surface area contributed by atoms with E-state index in [1.807, 2.05) is 18.0 Å². The quantitative estimate of drug-likeness (QED) is 0.455. The number of aliphatic hydroxyl groups is 1. The van der Waals surface area contributed by atoms with Crippen LogP contribution < -0.4 is 4.90 Å². The number of alkyl halides is 2. The summed E-state index contributed by atoms with van der Waals surface area (Å²) < 4.78 is 32.9. The molecule has 2 saturated carbocycles. The van der Waals surface area contributed by atoms with E-state index in [-0.39, 0.29) is 23.6 Å². The van der Waals surface area contributed by atoms with Crippen LogP contribution in [0.15, 0.2) is 24.7 Å². The molecule has 1 amide bonds. The van der Waals surface area contributed by atoms with E-state index in [2.05, 4.69) is 14.6 Å². The van der Waals surface area contributed by atoms with Gasteiger partial charge in [0.15, 0.2) is 5.82 Å². The van der Waals surface area contributed by atoms with Crippen molar-refractivity contribution in [3.8, 4) is 11.3 Å². The first kappa shape index (κ1) is 26.6. The highest BCUT2D eigenvalue weighted by molar-refractivity contribution is 5.77. The van der Waals surface area contributed by atoms with Gasteiger partial charge in [-0.1, -0.05) is 0 Å². The van der Waals surface area contributed by atoms with Gasteiger partial charge in [-0.2, -0.15) is 5.10 Å². The van der Waals surface area contributed by atoms with Gasteiger partial charge in [-0.3, -0.25) is 9.48 Å². The molecule has 0 atom stereocenters. The minimum Gasteiger partial charge on any atom is -0.393 e. The normalized spacial score (nSPS) is 25.8. The van der Waals surface area contributed by atoms with Crippen molar-refractivity contribution in [1.29, 1.82) is 0 Å². The Morgan fingerprint density at radius 3 is 2.59 bits per heavy atom. The molecule has 0 radical (unpaired) electrons. The van der Waals surface area contributed by atoms with Crippen LogP contribution in [0.25, 0.3) is 11.3 Å². The van der Waals surface area contributed by atoms with E-state index in [1.165, 1.54) is 5.69 Å². The smallest absolute Gasteiger partial charge is 0.264 e. The van der Waals surface area contributed by atoms with Crippen LogP contribution in [0.4, 0.5) is 20.3 Å². The van der Waals surface area contributed by atoms with E-state index in [1.54, 1.807) is 30.1 Å². The van der Waals surface area contributed by atoms with Gasteiger partial charge in [-0.25, -0.2) is 13.8 Å². The minimum absolute atomic E-state index is 0.0201. The van der Waals surface area contributed by atoms with E-state index in [0.29, 0.717) is 36.3 Å². The maximum atomic E-state index is 14.5. The molecule has 0 bridgehead atoms. The van der Waals surface area contributed by atoms with Crippen molar-refractivity contribution in [1.82, 2.24) is 24.2 Å². The number of aryl methyl sites for hydroxylation is 2. The van der Waals surface area contributed by atoms with Crippen molar-refractivity contribution in [2.45, 2.75) is 89.8 Å². The highest BCUT2D eigenvalue weighted by atomic mass is 19.3. The third-order valence-electron chi connectivity index (χ3n) is 10.1. The highest BCUT2D eigenvalue weighted by Gasteiger charge is 2.46. The van der Waals surface area contributed by atoms with Gasteiger partial charge in [-0.15, -0.1) is 0 Å². The fourth-order valence-electron chi connectivity index (χ4n) is 7.85. The number of carbonyl (C=O) groups is 1. The predicted molar refractivity (Wildman–Crippen MR) is 151 cm³/mol. The maximum absolute atomic E-state index is 14.5. The van der Waals surface area contributed by atoms with Crippen LogP contribution in [0.5, 0.6) is 0 Å². The second-order valence-corrected chi connectivity index (χ2v) is 12.7. The highest BCUT2D eigenvalue weighted by Crippen LogP contribution is 2.54. The van der Waals surface area contributed by atoms with E-state index < -0.39 is 6.43 Å². The van der Waals surface area contributed by atoms with Crippen LogP contribution in [0.1, 0.15) is 86.7 Å². The Kier molecular flexibility index (Phi) is 6.44. The Bertz CT molecular complexity index is 1480. The molecule has 218 valence electrons. The zero-order chi connectivity index (χ0) is 28.5. The van der Waals surface area contributed by atoms with E-state index >= 15 is 0 Å². The van der Waals surface area contributed by atoms with Gasteiger partial charge in [0.2, 0.25) is 5.91 Å². The van der Waals surface area contributed by atoms with Crippen LogP contribution >= 0.6 is 0 Å². The maximum Gasteiger partial charge on any atom is 0.264 e. The lowest BCUT2D eigenvalue weighted by Gasteiger charge is -2.49. The molecule has 4 heterocycles. The third-order valence-corrected chi connectivity index (χ3v) is 10.1. The molecule has 8 nitrogen and oxygen atoms in total. The zero-order valence-corrected chi connectivity index (χ0v) is 23.8. The van der Waals surface area contributed by atoms with Gasteiger partial charge in [-0.05, 0) is 74.5 Å². The molecule has 2 fully saturated rings. The molecule has 2 aliphatic carbocycles. The molecule has 3 aromatic rings. The SMILES string of the molecule is CC(=O)N1CCc2c(c(N3CCCc4cc(-c5cn(C)cn5)c(C(F)F)cc43)nn2C2CCC3(CC2)CC(O)C3)C1. The summed E-state index contributed by atoms with van der Waals surface area (Å²) in [7, 11) is 1.84. The van der Waals surface area contributed by atoms with Crippen molar-refractivity contribution < 1.29 is 18.7 Å². The number of benzene rings is 1. The van der Waals surface area contributed by atoms with Gasteiger partial charge in [0.1, 0.15) is 0 Å². The lowest BCUT2D eigenvalue weighted by Crippen LogP contribution is -2.43. The number of hydrogen-bond acceptors (Lipinski definition) is 5. The molecular weight excluding hydrogens is 526 g/mol. The number of rotatable bonds is 4. The van der Waals surface area contributed by atoms with Crippen LogP contribution in [0.2, 0.25) is 0 Å². The number of amides is 1. The van der Waals surface area contributed by atoms with Gasteiger partial charge in [0.25, 0.3) is 6.43 Å². The van der Waals surface area contributed by atoms with Crippen molar-refractivity contribution in [2.24, 2.45) is 12.5 Å². The Labute approximate surface area is 239 Å². The Morgan fingerprint density at radius 1 is 1.15 bits per heavy atom. The third kappa shape index (κ3) is 4.54. The van der Waals surface area contributed by atoms with E-state index in [4.69, 9.17) is 5.10 Å². The summed E-state index contributed by atoms with van der Waals surface area (Å²) in [5.41, 5.74) is 5.33. The van der Waals surface area contributed by atoms with Crippen LogP contribution in [-0.4, -0.2) is 54.4 Å². The second kappa shape index (κ2) is 9.93. The first-order valence-electron chi connectivity index (χ1n) is 15.0. The Hall–Kier alpha value is -3.27. The largest absolute Gasteiger partial charge is 0.393 e. The average Bonchev–Trinajstić information content (AvgIpc) is 3.55. The monoisotopic (exact) mass is 564 g/mol. The molecule has 1 aromatic carbocycles. The fourth-order valence-corrected chi connectivity index (χ4v) is 7.85. The lowest BCUT2D eigenvalue weighted by molar-refractivity contribution is -0.129. The number of halogens is 2. The first-order chi connectivity index (χ1) is 19.7. The Morgan fingerprint density at radius 2 is 1.93 bits per heavy atom. The molecule has 0 saturated heterocycles. The molecule has 0 unspecified atom stereocenters. The summed E-state index contributed by atoms with van der Waals surface area (Å²) in [5.74, 6) is 0.841. The fraction of sp³-hybridized carbons (Fsp3) is 0.581. The molecular formula is C31H38F2N6O2. The Balaban J connectivity index is 1.29. The standard InChI is InChI=1S/C31H38F2N6O2/c1-19(40)37-11-7-27-25(16-37)30(35-39(27)21-5-8-31(9-6-21)14-22(41)15-31)38-10-3-4-20-12-23(26-17-36(2)18-34-26)24(29(32)33)13-28(20)38/h12-13,17-18,21-22,29,41H,3-11,14-16H2,1-2H3. The molecule has 7 rings (SSSR count). The topological polar surface area (TPSA) is 79.4 Å². The number of carbonyl (C=O) groups excluding carboxylic acids is 1. The van der Waals surface area contributed by atoms with Crippen molar-refractivity contribution in [3.63, 3.8) is 0 Å². The van der Waals surface area contributed by atoms with E-state index in [0.717, 1.165) is 80.4 Å². The predicted octanol–water partition coefficient (Wildman–Crippen LogP) is 5.47. The number of nitrogens with zero attached hydrogens (tertiary/aromatic N) is 6. The number of imidazole rings is 1. The molecule has 4 aliphatic rings. The van der Waals surface area contributed by atoms with Gasteiger partial charge >= 0.3 is 0 Å². The van der Waals surface area contributed by atoms with E-state index in [9.17, 15) is 18.7 Å². The molecule has 1 N–H and O–H groups in total. The van der Waals surface area contributed by atoms with Crippen molar-refractivity contribution >= 4 is 17.4 Å². The van der Waals surface area contributed by atoms with Crippen LogP contribution in [0.3, 0.4) is 0 Å². The number of fused-ring (bicyclic) bond motifs is 2. The summed E-state index contributed by atoms with van der Waals surface area (Å²) in [5, 5.41) is 15.2.